The predicted molar refractivity (Wildman–Crippen MR) is 77.2 cm³/mol. The van der Waals surface area contributed by atoms with E-state index in [2.05, 4.69) is 41.2 Å². The third-order valence-corrected chi connectivity index (χ3v) is 3.16. The molecule has 2 rings (SSSR count). The second-order valence-corrected chi connectivity index (χ2v) is 4.26. The van der Waals surface area contributed by atoms with Crippen molar-refractivity contribution in [1.82, 2.24) is 4.98 Å². The molecule has 18 heavy (non-hydrogen) atoms. The van der Waals surface area contributed by atoms with Gasteiger partial charge in [0.05, 0.1) is 5.69 Å². The highest BCUT2D eigenvalue weighted by molar-refractivity contribution is 6.04. The Balaban J connectivity index is 2.49. The van der Waals surface area contributed by atoms with E-state index in [1.807, 2.05) is 32.3 Å². The van der Waals surface area contributed by atoms with Gasteiger partial charge in [0.25, 0.3) is 0 Å². The van der Waals surface area contributed by atoms with Gasteiger partial charge in [0.2, 0.25) is 0 Å². The average molecular weight is 238 g/mol. The molecule has 0 amide bonds. The first-order valence-electron chi connectivity index (χ1n) is 6.24. The lowest BCUT2D eigenvalue weighted by atomic mass is 10.0. The standard InChI is InChI=1S/C16H18N2/c1-4-13-9-10-16(18-11-13)15-8-6-5-7-14(15)12(2)17-3/h5-11H,4H2,1-3H3. The van der Waals surface area contributed by atoms with E-state index >= 15 is 0 Å². The first kappa shape index (κ1) is 12.5. The van der Waals surface area contributed by atoms with Gasteiger partial charge in [-0.2, -0.15) is 0 Å². The Hall–Kier alpha value is -1.96. The lowest BCUT2D eigenvalue weighted by molar-refractivity contribution is 1.10. The maximum atomic E-state index is 4.54. The Bertz CT molecular complexity index is 554. The number of hydrogen-bond acceptors (Lipinski definition) is 2. The van der Waals surface area contributed by atoms with Crippen LogP contribution in [-0.2, 0) is 6.42 Å². The van der Waals surface area contributed by atoms with Crippen molar-refractivity contribution in [3.63, 3.8) is 0 Å². The minimum absolute atomic E-state index is 1.01. The summed E-state index contributed by atoms with van der Waals surface area (Å²) in [6, 6.07) is 12.5. The second-order valence-electron chi connectivity index (χ2n) is 4.26. The normalized spacial score (nSPS) is 11.6. The molecule has 1 aromatic heterocycles. The van der Waals surface area contributed by atoms with Gasteiger partial charge in [-0.3, -0.25) is 9.98 Å². The maximum absolute atomic E-state index is 4.54. The summed E-state index contributed by atoms with van der Waals surface area (Å²) in [5.41, 5.74) is 5.59. The predicted octanol–water partition coefficient (Wildman–Crippen LogP) is 3.75. The van der Waals surface area contributed by atoms with Crippen LogP contribution in [0.25, 0.3) is 11.3 Å². The van der Waals surface area contributed by atoms with Gasteiger partial charge in [-0.05, 0) is 25.0 Å². The quantitative estimate of drug-likeness (QED) is 0.748. The zero-order valence-corrected chi connectivity index (χ0v) is 11.1. The van der Waals surface area contributed by atoms with Crippen LogP contribution in [0.4, 0.5) is 0 Å². The maximum Gasteiger partial charge on any atom is 0.0708 e. The Morgan fingerprint density at radius 3 is 2.56 bits per heavy atom. The molecule has 0 spiro atoms. The average Bonchev–Trinajstić information content (AvgIpc) is 2.46. The highest BCUT2D eigenvalue weighted by Gasteiger charge is 2.07. The van der Waals surface area contributed by atoms with E-state index in [0.29, 0.717) is 0 Å². The Kier molecular flexibility index (Phi) is 3.88. The molecule has 2 nitrogen and oxygen atoms in total. The first-order valence-corrected chi connectivity index (χ1v) is 6.24. The van der Waals surface area contributed by atoms with Crippen LogP contribution in [-0.4, -0.2) is 17.7 Å². The topological polar surface area (TPSA) is 25.2 Å². The molecule has 2 heteroatoms. The molecule has 92 valence electrons. The third-order valence-electron chi connectivity index (χ3n) is 3.16. The van der Waals surface area contributed by atoms with Crippen LogP contribution in [0.5, 0.6) is 0 Å². The van der Waals surface area contributed by atoms with E-state index in [1.54, 1.807) is 0 Å². The van der Waals surface area contributed by atoms with Crippen LogP contribution in [0.1, 0.15) is 25.0 Å². The Morgan fingerprint density at radius 2 is 1.94 bits per heavy atom. The van der Waals surface area contributed by atoms with Gasteiger partial charge in [-0.1, -0.05) is 37.3 Å². The van der Waals surface area contributed by atoms with Crippen LogP contribution < -0.4 is 0 Å². The van der Waals surface area contributed by atoms with E-state index in [9.17, 15) is 0 Å². The Morgan fingerprint density at radius 1 is 1.17 bits per heavy atom. The van der Waals surface area contributed by atoms with Crippen molar-refractivity contribution in [3.8, 4) is 11.3 Å². The van der Waals surface area contributed by atoms with E-state index in [4.69, 9.17) is 0 Å². The zero-order chi connectivity index (χ0) is 13.0. The van der Waals surface area contributed by atoms with E-state index in [0.717, 1.165) is 29.0 Å². The van der Waals surface area contributed by atoms with Crippen LogP contribution >= 0.6 is 0 Å². The Labute approximate surface area is 108 Å². The van der Waals surface area contributed by atoms with Crippen molar-refractivity contribution >= 4 is 5.71 Å². The van der Waals surface area contributed by atoms with Crippen LogP contribution in [0.15, 0.2) is 47.6 Å². The molecule has 0 saturated heterocycles. The van der Waals surface area contributed by atoms with Gasteiger partial charge in [0, 0.05) is 30.1 Å². The SMILES string of the molecule is CCc1ccc(-c2ccccc2C(C)=NC)nc1. The van der Waals surface area contributed by atoms with Gasteiger partial charge in [0.1, 0.15) is 0 Å². The lowest BCUT2D eigenvalue weighted by Gasteiger charge is -2.08. The summed E-state index contributed by atoms with van der Waals surface area (Å²) >= 11 is 0. The molecule has 0 fully saturated rings. The van der Waals surface area contributed by atoms with Crippen molar-refractivity contribution in [2.45, 2.75) is 20.3 Å². The number of benzene rings is 1. The molecule has 0 bridgehead atoms. The molecule has 2 aromatic rings. The molecular formula is C16H18N2. The summed E-state index contributed by atoms with van der Waals surface area (Å²) in [4.78, 5) is 8.81. The molecular weight excluding hydrogens is 220 g/mol. The monoisotopic (exact) mass is 238 g/mol. The van der Waals surface area contributed by atoms with E-state index in [-0.39, 0.29) is 0 Å². The largest absolute Gasteiger partial charge is 0.293 e. The molecule has 0 N–H and O–H groups in total. The number of aryl methyl sites for hydroxylation is 1. The summed E-state index contributed by atoms with van der Waals surface area (Å²) in [7, 11) is 1.82. The number of aromatic nitrogens is 1. The minimum Gasteiger partial charge on any atom is -0.293 e. The number of aliphatic imine (C=N–C) groups is 1. The fraction of sp³-hybridized carbons (Fsp3) is 0.250. The van der Waals surface area contributed by atoms with Gasteiger partial charge in [-0.15, -0.1) is 0 Å². The minimum atomic E-state index is 1.01. The number of pyridine rings is 1. The van der Waals surface area contributed by atoms with E-state index < -0.39 is 0 Å². The molecule has 0 saturated carbocycles. The van der Waals surface area contributed by atoms with Gasteiger partial charge in [0.15, 0.2) is 0 Å². The zero-order valence-electron chi connectivity index (χ0n) is 11.1. The van der Waals surface area contributed by atoms with Crippen LogP contribution in [0, 0.1) is 0 Å². The number of rotatable bonds is 3. The highest BCUT2D eigenvalue weighted by Crippen LogP contribution is 2.22. The number of nitrogens with zero attached hydrogens (tertiary/aromatic N) is 2. The molecule has 0 aliphatic heterocycles. The molecule has 0 unspecified atom stereocenters. The van der Waals surface area contributed by atoms with E-state index in [1.165, 1.54) is 5.56 Å². The summed E-state index contributed by atoms with van der Waals surface area (Å²) < 4.78 is 0. The molecule has 0 radical (unpaired) electrons. The van der Waals surface area contributed by atoms with Gasteiger partial charge < -0.3 is 0 Å². The molecule has 1 heterocycles. The fourth-order valence-electron chi connectivity index (χ4n) is 1.94. The summed E-state index contributed by atoms with van der Waals surface area (Å²) in [6.45, 7) is 4.16. The molecule has 0 aliphatic carbocycles. The highest BCUT2D eigenvalue weighted by atomic mass is 14.7. The molecule has 1 aromatic carbocycles. The fourth-order valence-corrected chi connectivity index (χ4v) is 1.94. The van der Waals surface area contributed by atoms with Crippen LogP contribution in [0.3, 0.4) is 0 Å². The lowest BCUT2D eigenvalue weighted by Crippen LogP contribution is -1.98. The number of hydrogen-bond donors (Lipinski definition) is 0. The smallest absolute Gasteiger partial charge is 0.0708 e. The van der Waals surface area contributed by atoms with Crippen molar-refractivity contribution in [2.24, 2.45) is 4.99 Å². The molecule has 0 atom stereocenters. The second kappa shape index (κ2) is 5.58. The summed E-state index contributed by atoms with van der Waals surface area (Å²) in [5.74, 6) is 0. The van der Waals surface area contributed by atoms with Crippen LogP contribution in [0.2, 0.25) is 0 Å². The first-order chi connectivity index (χ1) is 8.76. The van der Waals surface area contributed by atoms with Crippen molar-refractivity contribution in [3.05, 3.63) is 53.7 Å². The summed E-state index contributed by atoms with van der Waals surface area (Å²) in [5, 5.41) is 0. The van der Waals surface area contributed by atoms with Crippen molar-refractivity contribution in [2.75, 3.05) is 7.05 Å². The third kappa shape index (κ3) is 2.48. The van der Waals surface area contributed by atoms with Crippen molar-refractivity contribution in [1.29, 1.82) is 0 Å². The van der Waals surface area contributed by atoms with Crippen molar-refractivity contribution < 1.29 is 0 Å². The van der Waals surface area contributed by atoms with Gasteiger partial charge >= 0.3 is 0 Å². The summed E-state index contributed by atoms with van der Waals surface area (Å²) in [6.07, 6.45) is 2.97. The molecule has 0 aliphatic rings. The van der Waals surface area contributed by atoms with Gasteiger partial charge in [-0.25, -0.2) is 0 Å².